The molecule has 2 N–H and O–H groups in total. The van der Waals surface area contributed by atoms with Crippen LogP contribution in [0, 0.1) is 12.7 Å². The molecule has 1 aromatic heterocycles. The van der Waals surface area contributed by atoms with Crippen LogP contribution in [0.3, 0.4) is 0 Å². The van der Waals surface area contributed by atoms with Gasteiger partial charge in [0, 0.05) is 5.38 Å². The molecule has 0 saturated carbocycles. The molecule has 88 valence electrons. The van der Waals surface area contributed by atoms with Gasteiger partial charge < -0.3 is 10.4 Å². The minimum Gasteiger partial charge on any atom is -0.478 e. The van der Waals surface area contributed by atoms with Crippen LogP contribution in [0.4, 0.5) is 15.2 Å². The molecule has 0 atom stereocenters. The highest BCUT2D eigenvalue weighted by molar-refractivity contribution is 7.13. The third kappa shape index (κ3) is 2.59. The number of carboxylic acids is 1. The van der Waals surface area contributed by atoms with Crippen molar-refractivity contribution in [3.63, 3.8) is 0 Å². The number of carboxylic acid groups (broad SMARTS) is 1. The normalized spacial score (nSPS) is 10.2. The van der Waals surface area contributed by atoms with Gasteiger partial charge in [0.25, 0.3) is 0 Å². The minimum atomic E-state index is -1.15. The Kier molecular flexibility index (Phi) is 3.06. The average molecular weight is 252 g/mol. The number of benzene rings is 1. The Balaban J connectivity index is 2.25. The molecule has 0 aliphatic heterocycles. The van der Waals surface area contributed by atoms with Gasteiger partial charge in [-0.15, -0.1) is 11.3 Å². The molecule has 0 saturated heterocycles. The van der Waals surface area contributed by atoms with Crippen molar-refractivity contribution < 1.29 is 14.3 Å². The predicted octanol–water partition coefficient (Wildman–Crippen LogP) is 3.03. The number of aryl methyl sites for hydroxylation is 1. The lowest BCUT2D eigenvalue weighted by atomic mass is 10.2. The fourth-order valence-electron chi connectivity index (χ4n) is 1.28. The van der Waals surface area contributed by atoms with Crippen molar-refractivity contribution in [2.45, 2.75) is 6.92 Å². The van der Waals surface area contributed by atoms with Crippen LogP contribution in [-0.2, 0) is 0 Å². The molecule has 0 aliphatic carbocycles. The lowest BCUT2D eigenvalue weighted by molar-refractivity contribution is 0.0696. The van der Waals surface area contributed by atoms with Crippen LogP contribution in [0.25, 0.3) is 0 Å². The topological polar surface area (TPSA) is 62.2 Å². The average Bonchev–Trinajstić information content (AvgIpc) is 2.67. The van der Waals surface area contributed by atoms with Gasteiger partial charge in [-0.1, -0.05) is 0 Å². The van der Waals surface area contributed by atoms with Crippen LogP contribution >= 0.6 is 11.3 Å². The zero-order valence-corrected chi connectivity index (χ0v) is 9.71. The van der Waals surface area contributed by atoms with Gasteiger partial charge in [-0.25, -0.2) is 14.2 Å². The Labute approximate surface area is 101 Å². The van der Waals surface area contributed by atoms with Gasteiger partial charge in [0.15, 0.2) is 5.13 Å². The third-order valence-electron chi connectivity index (χ3n) is 2.08. The van der Waals surface area contributed by atoms with Gasteiger partial charge in [0.2, 0.25) is 0 Å². The summed E-state index contributed by atoms with van der Waals surface area (Å²) in [5.74, 6) is -1.77. The lowest BCUT2D eigenvalue weighted by Gasteiger charge is -2.04. The first-order valence-electron chi connectivity index (χ1n) is 4.78. The number of aromatic carboxylic acids is 1. The number of carbonyl (C=O) groups is 1. The van der Waals surface area contributed by atoms with Gasteiger partial charge >= 0.3 is 5.97 Å². The number of anilines is 2. The van der Waals surface area contributed by atoms with Crippen LogP contribution in [0.2, 0.25) is 0 Å². The first-order chi connectivity index (χ1) is 8.06. The van der Waals surface area contributed by atoms with Crippen LogP contribution in [0.5, 0.6) is 0 Å². The molecule has 0 bridgehead atoms. The Bertz CT molecular complexity index is 568. The van der Waals surface area contributed by atoms with Crippen molar-refractivity contribution in [2.75, 3.05) is 5.32 Å². The molecular formula is C11H9FN2O2S. The molecule has 0 fully saturated rings. The zero-order valence-electron chi connectivity index (χ0n) is 8.90. The summed E-state index contributed by atoms with van der Waals surface area (Å²) in [7, 11) is 0. The van der Waals surface area contributed by atoms with Crippen LogP contribution < -0.4 is 5.32 Å². The molecule has 17 heavy (non-hydrogen) atoms. The van der Waals surface area contributed by atoms with E-state index in [1.54, 1.807) is 0 Å². The molecular weight excluding hydrogens is 243 g/mol. The van der Waals surface area contributed by atoms with Gasteiger partial charge in [-0.05, 0) is 25.1 Å². The molecule has 6 heteroatoms. The molecule has 0 amide bonds. The maximum absolute atomic E-state index is 13.6. The monoisotopic (exact) mass is 252 g/mol. The molecule has 0 spiro atoms. The first kappa shape index (κ1) is 11.5. The van der Waals surface area contributed by atoms with Gasteiger partial charge in [-0.3, -0.25) is 0 Å². The van der Waals surface area contributed by atoms with Crippen molar-refractivity contribution in [1.29, 1.82) is 0 Å². The molecule has 1 aromatic carbocycles. The number of hydrogen-bond acceptors (Lipinski definition) is 4. The smallest absolute Gasteiger partial charge is 0.335 e. The summed E-state index contributed by atoms with van der Waals surface area (Å²) in [4.78, 5) is 14.8. The Morgan fingerprint density at radius 2 is 2.29 bits per heavy atom. The Morgan fingerprint density at radius 3 is 2.82 bits per heavy atom. The van der Waals surface area contributed by atoms with Crippen molar-refractivity contribution >= 4 is 28.1 Å². The molecule has 0 radical (unpaired) electrons. The molecule has 2 aromatic rings. The highest BCUT2D eigenvalue weighted by Crippen LogP contribution is 2.23. The van der Waals surface area contributed by atoms with Crippen molar-refractivity contribution in [3.8, 4) is 0 Å². The predicted molar refractivity (Wildman–Crippen MR) is 63.5 cm³/mol. The second-order valence-electron chi connectivity index (χ2n) is 3.42. The van der Waals surface area contributed by atoms with E-state index in [0.29, 0.717) is 5.13 Å². The largest absolute Gasteiger partial charge is 0.478 e. The maximum atomic E-state index is 13.6. The van der Waals surface area contributed by atoms with E-state index in [4.69, 9.17) is 5.11 Å². The summed E-state index contributed by atoms with van der Waals surface area (Å²) >= 11 is 1.36. The number of halogens is 1. The minimum absolute atomic E-state index is 0.0802. The molecule has 0 unspecified atom stereocenters. The number of hydrogen-bond donors (Lipinski definition) is 2. The SMILES string of the molecule is Cc1csc(Nc2ccc(C(=O)O)cc2F)n1. The molecule has 0 aliphatic rings. The molecule has 1 heterocycles. The molecule has 4 nitrogen and oxygen atoms in total. The lowest BCUT2D eigenvalue weighted by Crippen LogP contribution is -1.99. The van der Waals surface area contributed by atoms with E-state index in [2.05, 4.69) is 10.3 Å². The van der Waals surface area contributed by atoms with E-state index in [1.165, 1.54) is 23.5 Å². The van der Waals surface area contributed by atoms with Crippen molar-refractivity contribution in [3.05, 3.63) is 40.7 Å². The van der Waals surface area contributed by atoms with Crippen LogP contribution in [-0.4, -0.2) is 16.1 Å². The van der Waals surface area contributed by atoms with Gasteiger partial charge in [0.05, 0.1) is 16.9 Å². The van der Waals surface area contributed by atoms with E-state index in [9.17, 15) is 9.18 Å². The Morgan fingerprint density at radius 1 is 1.53 bits per heavy atom. The van der Waals surface area contributed by atoms with Crippen LogP contribution in [0.15, 0.2) is 23.6 Å². The van der Waals surface area contributed by atoms with Gasteiger partial charge in [-0.2, -0.15) is 0 Å². The fourth-order valence-corrected chi connectivity index (χ4v) is 1.98. The first-order valence-corrected chi connectivity index (χ1v) is 5.66. The van der Waals surface area contributed by atoms with E-state index < -0.39 is 11.8 Å². The summed E-state index contributed by atoms with van der Waals surface area (Å²) in [5.41, 5.74) is 0.979. The fraction of sp³-hybridized carbons (Fsp3) is 0.0909. The van der Waals surface area contributed by atoms with Crippen molar-refractivity contribution in [1.82, 2.24) is 4.98 Å². The summed E-state index contributed by atoms with van der Waals surface area (Å²) in [5, 5.41) is 13.9. The van der Waals surface area contributed by atoms with E-state index in [1.807, 2.05) is 12.3 Å². The molecule has 2 rings (SSSR count). The second-order valence-corrected chi connectivity index (χ2v) is 4.28. The second kappa shape index (κ2) is 4.50. The van der Waals surface area contributed by atoms with Crippen molar-refractivity contribution in [2.24, 2.45) is 0 Å². The van der Waals surface area contributed by atoms with E-state index in [-0.39, 0.29) is 11.3 Å². The van der Waals surface area contributed by atoms with Gasteiger partial charge in [0.1, 0.15) is 5.82 Å². The highest BCUT2D eigenvalue weighted by atomic mass is 32.1. The number of aromatic nitrogens is 1. The zero-order chi connectivity index (χ0) is 12.4. The Hall–Kier alpha value is -1.95. The standard InChI is InChI=1S/C11H9FN2O2S/c1-6-5-17-11(13-6)14-9-3-2-7(10(15)16)4-8(9)12/h2-5H,1H3,(H,13,14)(H,15,16). The van der Waals surface area contributed by atoms with Crippen LogP contribution in [0.1, 0.15) is 16.1 Å². The number of thiazole rings is 1. The summed E-state index contributed by atoms with van der Waals surface area (Å²) in [6, 6.07) is 3.70. The quantitative estimate of drug-likeness (QED) is 0.881. The number of nitrogens with one attached hydrogen (secondary N) is 1. The number of nitrogens with zero attached hydrogens (tertiary/aromatic N) is 1. The highest BCUT2D eigenvalue weighted by Gasteiger charge is 2.09. The third-order valence-corrected chi connectivity index (χ3v) is 2.95. The van der Waals surface area contributed by atoms with E-state index >= 15 is 0 Å². The summed E-state index contributed by atoms with van der Waals surface area (Å²) in [6.45, 7) is 1.84. The van der Waals surface area contributed by atoms with E-state index in [0.717, 1.165) is 11.8 Å². The summed E-state index contributed by atoms with van der Waals surface area (Å²) < 4.78 is 13.6. The number of rotatable bonds is 3. The maximum Gasteiger partial charge on any atom is 0.335 e. The summed E-state index contributed by atoms with van der Waals surface area (Å²) in [6.07, 6.45) is 0.